The maximum Gasteiger partial charge on any atom is 0.341 e. The normalized spacial score (nSPS) is 14.7. The minimum Gasteiger partial charge on any atom is -0.462 e. The average Bonchev–Trinajstić information content (AvgIpc) is 3.13. The molecule has 98 valence electrons. The molecule has 0 saturated heterocycles. The van der Waals surface area contributed by atoms with Crippen LogP contribution in [0, 0.1) is 0 Å². The second kappa shape index (κ2) is 5.24. The van der Waals surface area contributed by atoms with Gasteiger partial charge in [-0.05, 0) is 19.8 Å². The lowest BCUT2D eigenvalue weighted by Gasteiger charge is -2.09. The van der Waals surface area contributed by atoms with Crippen molar-refractivity contribution in [3.63, 3.8) is 0 Å². The van der Waals surface area contributed by atoms with Crippen LogP contribution in [0.4, 0.5) is 14.7 Å². The van der Waals surface area contributed by atoms with Crippen LogP contribution < -0.4 is 5.32 Å². The first-order chi connectivity index (χ1) is 8.61. The number of alkyl halides is 2. The van der Waals surface area contributed by atoms with Crippen LogP contribution >= 0.6 is 0 Å². The third-order valence-corrected chi connectivity index (χ3v) is 2.43. The fraction of sp³-hybridized carbons (Fsp3) is 0.545. The quantitative estimate of drug-likeness (QED) is 0.819. The van der Waals surface area contributed by atoms with E-state index in [9.17, 15) is 13.6 Å². The van der Waals surface area contributed by atoms with Crippen LogP contribution in [0.25, 0.3) is 0 Å². The van der Waals surface area contributed by atoms with E-state index in [4.69, 9.17) is 0 Å². The summed E-state index contributed by atoms with van der Waals surface area (Å²) in [7, 11) is 0. The summed E-state index contributed by atoms with van der Waals surface area (Å²) < 4.78 is 30.4. The fourth-order valence-electron chi connectivity index (χ4n) is 1.41. The largest absolute Gasteiger partial charge is 0.462 e. The lowest BCUT2D eigenvalue weighted by molar-refractivity contribution is 0.0513. The van der Waals surface area contributed by atoms with Crippen molar-refractivity contribution in [1.29, 1.82) is 0 Å². The number of carbonyl (C=O) groups is 1. The Kier molecular flexibility index (Phi) is 3.69. The number of ether oxygens (including phenoxy) is 1. The van der Waals surface area contributed by atoms with Gasteiger partial charge in [0.05, 0.1) is 6.61 Å². The number of aromatic nitrogens is 2. The number of halogens is 2. The number of nitrogens with one attached hydrogen (secondary N) is 1. The molecule has 1 aliphatic rings. The second-order valence-corrected chi connectivity index (χ2v) is 3.93. The van der Waals surface area contributed by atoms with Crippen LogP contribution in [-0.4, -0.2) is 28.6 Å². The lowest BCUT2D eigenvalue weighted by Crippen LogP contribution is -2.14. The van der Waals surface area contributed by atoms with Gasteiger partial charge in [0.25, 0.3) is 6.43 Å². The Labute approximate surface area is 103 Å². The van der Waals surface area contributed by atoms with Crippen LogP contribution in [0.1, 0.15) is 42.2 Å². The molecule has 5 nitrogen and oxygen atoms in total. The molecule has 1 fully saturated rings. The van der Waals surface area contributed by atoms with Crippen molar-refractivity contribution in [1.82, 2.24) is 9.97 Å². The number of esters is 1. The number of rotatable bonds is 5. The molecule has 0 bridgehead atoms. The molecule has 1 aromatic rings. The summed E-state index contributed by atoms with van der Waals surface area (Å²) in [6, 6.07) is 0.254. The molecule has 0 radical (unpaired) electrons. The van der Waals surface area contributed by atoms with Gasteiger partial charge in [0, 0.05) is 12.2 Å². The second-order valence-electron chi connectivity index (χ2n) is 3.93. The molecule has 0 atom stereocenters. The van der Waals surface area contributed by atoms with Crippen molar-refractivity contribution in [2.24, 2.45) is 0 Å². The number of anilines is 1. The molecule has 1 heterocycles. The monoisotopic (exact) mass is 257 g/mol. The highest BCUT2D eigenvalue weighted by atomic mass is 19.3. The van der Waals surface area contributed by atoms with E-state index in [1.54, 1.807) is 6.92 Å². The predicted octanol–water partition coefficient (Wildman–Crippen LogP) is 2.17. The summed E-state index contributed by atoms with van der Waals surface area (Å²) in [5.74, 6) is -0.702. The summed E-state index contributed by atoms with van der Waals surface area (Å²) in [6.45, 7) is 1.72. The zero-order valence-corrected chi connectivity index (χ0v) is 9.82. The Morgan fingerprint density at radius 1 is 1.61 bits per heavy atom. The van der Waals surface area contributed by atoms with E-state index in [2.05, 4.69) is 20.0 Å². The van der Waals surface area contributed by atoms with Crippen LogP contribution in [0.5, 0.6) is 0 Å². The van der Waals surface area contributed by atoms with Gasteiger partial charge < -0.3 is 10.1 Å². The van der Waals surface area contributed by atoms with Crippen molar-refractivity contribution in [3.05, 3.63) is 17.5 Å². The summed E-state index contributed by atoms with van der Waals surface area (Å²) in [6.07, 6.45) is 0.198. The molecule has 0 aliphatic heterocycles. The molecular weight excluding hydrogens is 244 g/mol. The smallest absolute Gasteiger partial charge is 0.341 e. The van der Waals surface area contributed by atoms with Crippen molar-refractivity contribution >= 4 is 11.9 Å². The van der Waals surface area contributed by atoms with E-state index in [-0.39, 0.29) is 24.2 Å². The van der Waals surface area contributed by atoms with E-state index >= 15 is 0 Å². The SMILES string of the molecule is CCOC(=O)c1cnc(NC2CC2)nc1C(F)F. The third kappa shape index (κ3) is 2.91. The Balaban J connectivity index is 2.24. The van der Waals surface area contributed by atoms with Crippen molar-refractivity contribution in [2.45, 2.75) is 32.2 Å². The number of carbonyl (C=O) groups excluding carboxylic acids is 1. The Morgan fingerprint density at radius 2 is 2.33 bits per heavy atom. The predicted molar refractivity (Wildman–Crippen MR) is 59.6 cm³/mol. The number of hydrogen-bond donors (Lipinski definition) is 1. The molecular formula is C11H13F2N3O2. The minimum absolute atomic E-state index is 0.115. The Morgan fingerprint density at radius 3 is 2.89 bits per heavy atom. The van der Waals surface area contributed by atoms with Crippen LogP contribution in [0.3, 0.4) is 0 Å². The topological polar surface area (TPSA) is 64.1 Å². The minimum atomic E-state index is -2.84. The maximum absolute atomic E-state index is 12.8. The van der Waals surface area contributed by atoms with Crippen molar-refractivity contribution < 1.29 is 18.3 Å². The Hall–Kier alpha value is -1.79. The van der Waals surface area contributed by atoms with E-state index in [1.165, 1.54) is 0 Å². The highest BCUT2D eigenvalue weighted by molar-refractivity contribution is 5.90. The molecule has 0 aromatic carbocycles. The van der Waals surface area contributed by atoms with Gasteiger partial charge in [0.2, 0.25) is 5.95 Å². The first-order valence-corrected chi connectivity index (χ1v) is 5.70. The van der Waals surface area contributed by atoms with Gasteiger partial charge in [-0.3, -0.25) is 0 Å². The molecule has 0 unspecified atom stereocenters. The van der Waals surface area contributed by atoms with E-state index in [0.717, 1.165) is 19.0 Å². The first kappa shape index (κ1) is 12.7. The molecule has 2 rings (SSSR count). The highest BCUT2D eigenvalue weighted by Gasteiger charge is 2.25. The standard InChI is InChI=1S/C11H13F2N3O2/c1-2-18-10(17)7-5-14-11(15-6-3-4-6)16-8(7)9(12)13/h5-6,9H,2-4H2,1H3,(H,14,15,16). The highest BCUT2D eigenvalue weighted by Crippen LogP contribution is 2.26. The zero-order valence-electron chi connectivity index (χ0n) is 9.82. The van der Waals surface area contributed by atoms with Gasteiger partial charge in [0.15, 0.2) is 0 Å². The first-order valence-electron chi connectivity index (χ1n) is 5.70. The van der Waals surface area contributed by atoms with Crippen LogP contribution in [0.2, 0.25) is 0 Å². The Bertz CT molecular complexity index is 450. The maximum atomic E-state index is 12.8. The molecule has 1 N–H and O–H groups in total. The molecule has 0 amide bonds. The molecule has 1 saturated carbocycles. The molecule has 7 heteroatoms. The van der Waals surface area contributed by atoms with E-state index in [1.807, 2.05) is 0 Å². The fourth-order valence-corrected chi connectivity index (χ4v) is 1.41. The summed E-state index contributed by atoms with van der Waals surface area (Å²) >= 11 is 0. The van der Waals surface area contributed by atoms with Gasteiger partial charge in [-0.15, -0.1) is 0 Å². The van der Waals surface area contributed by atoms with Crippen LogP contribution in [-0.2, 0) is 4.74 Å². The summed E-state index contributed by atoms with van der Waals surface area (Å²) in [5, 5.41) is 2.90. The van der Waals surface area contributed by atoms with Gasteiger partial charge in [0.1, 0.15) is 11.3 Å². The summed E-state index contributed by atoms with van der Waals surface area (Å²) in [4.78, 5) is 19.0. The molecule has 1 aromatic heterocycles. The van der Waals surface area contributed by atoms with Gasteiger partial charge in [-0.2, -0.15) is 0 Å². The molecule has 1 aliphatic carbocycles. The average molecular weight is 257 g/mol. The zero-order chi connectivity index (χ0) is 13.1. The van der Waals surface area contributed by atoms with E-state index in [0.29, 0.717) is 0 Å². The van der Waals surface area contributed by atoms with Gasteiger partial charge in [-0.25, -0.2) is 23.5 Å². The van der Waals surface area contributed by atoms with E-state index < -0.39 is 18.1 Å². The molecule has 0 spiro atoms. The third-order valence-electron chi connectivity index (χ3n) is 2.43. The molecule has 18 heavy (non-hydrogen) atoms. The van der Waals surface area contributed by atoms with Crippen LogP contribution in [0.15, 0.2) is 6.20 Å². The number of nitrogens with zero attached hydrogens (tertiary/aromatic N) is 2. The van der Waals surface area contributed by atoms with Gasteiger partial charge in [-0.1, -0.05) is 0 Å². The summed E-state index contributed by atoms with van der Waals surface area (Å²) in [5.41, 5.74) is -0.875. The van der Waals surface area contributed by atoms with Crippen molar-refractivity contribution in [3.8, 4) is 0 Å². The number of hydrogen-bond acceptors (Lipinski definition) is 5. The van der Waals surface area contributed by atoms with Gasteiger partial charge >= 0.3 is 5.97 Å². The lowest BCUT2D eigenvalue weighted by atomic mass is 10.2. The van der Waals surface area contributed by atoms with Crippen molar-refractivity contribution in [2.75, 3.05) is 11.9 Å².